The fraction of sp³-hybridized carbons (Fsp3) is 0.571. The first-order chi connectivity index (χ1) is 13.6. The van der Waals surface area contributed by atoms with Gasteiger partial charge in [-0.3, -0.25) is 4.79 Å². The van der Waals surface area contributed by atoms with Crippen LogP contribution in [0, 0.1) is 23.1 Å². The van der Waals surface area contributed by atoms with Gasteiger partial charge >= 0.3 is 0 Å². The van der Waals surface area contributed by atoms with Gasteiger partial charge in [-0.2, -0.15) is 5.26 Å². The number of benzene rings is 1. The summed E-state index contributed by atoms with van der Waals surface area (Å²) in [4.78, 5) is 16.9. The van der Waals surface area contributed by atoms with Crippen molar-refractivity contribution in [2.24, 2.45) is 10.9 Å². The number of amides is 1. The van der Waals surface area contributed by atoms with Crippen molar-refractivity contribution in [3.05, 3.63) is 35.1 Å². The van der Waals surface area contributed by atoms with E-state index in [4.69, 9.17) is 5.26 Å². The van der Waals surface area contributed by atoms with Crippen LogP contribution in [0.1, 0.15) is 56.6 Å². The Labute approximate surface area is 188 Å². The molecule has 0 heterocycles. The van der Waals surface area contributed by atoms with E-state index in [1.54, 1.807) is 12.1 Å². The SMILES string of the molecule is CCNC(=NCc1ccc(C#N)cc1F)NC1CCCC(C(=O)NC2CC2)C1.I. The summed E-state index contributed by atoms with van der Waals surface area (Å²) in [6, 6.07) is 6.92. The number of carbonyl (C=O) groups excluding carboxylic acids is 1. The van der Waals surface area contributed by atoms with E-state index in [2.05, 4.69) is 20.9 Å². The van der Waals surface area contributed by atoms with Crippen LogP contribution in [0.5, 0.6) is 0 Å². The molecule has 3 N–H and O–H groups in total. The van der Waals surface area contributed by atoms with Gasteiger partial charge in [-0.1, -0.05) is 12.5 Å². The molecule has 29 heavy (non-hydrogen) atoms. The highest BCUT2D eigenvalue weighted by Gasteiger charge is 2.31. The number of hydrogen-bond acceptors (Lipinski definition) is 3. The average Bonchev–Trinajstić information content (AvgIpc) is 3.51. The van der Waals surface area contributed by atoms with Crippen LogP contribution in [0.15, 0.2) is 23.2 Å². The number of nitrogens with one attached hydrogen (secondary N) is 3. The molecule has 0 radical (unpaired) electrons. The zero-order valence-electron chi connectivity index (χ0n) is 16.7. The molecule has 3 rings (SSSR count). The van der Waals surface area contributed by atoms with Crippen LogP contribution >= 0.6 is 24.0 Å². The molecule has 1 amide bonds. The van der Waals surface area contributed by atoms with Gasteiger partial charge in [0.25, 0.3) is 0 Å². The van der Waals surface area contributed by atoms with Crippen molar-refractivity contribution in [1.82, 2.24) is 16.0 Å². The highest BCUT2D eigenvalue weighted by Crippen LogP contribution is 2.26. The molecule has 2 saturated carbocycles. The largest absolute Gasteiger partial charge is 0.357 e. The van der Waals surface area contributed by atoms with Gasteiger partial charge in [-0.25, -0.2) is 9.38 Å². The van der Waals surface area contributed by atoms with Crippen LogP contribution in [0.4, 0.5) is 4.39 Å². The summed E-state index contributed by atoms with van der Waals surface area (Å²) < 4.78 is 14.1. The van der Waals surface area contributed by atoms with E-state index in [0.717, 1.165) is 38.5 Å². The van der Waals surface area contributed by atoms with Gasteiger partial charge in [0.05, 0.1) is 18.2 Å². The highest BCUT2D eigenvalue weighted by atomic mass is 127. The second-order valence-corrected chi connectivity index (χ2v) is 7.60. The number of hydrogen-bond donors (Lipinski definition) is 3. The first-order valence-corrected chi connectivity index (χ1v) is 10.1. The Morgan fingerprint density at radius 2 is 2.03 bits per heavy atom. The average molecular weight is 513 g/mol. The summed E-state index contributed by atoms with van der Waals surface area (Å²) in [5.41, 5.74) is 0.745. The minimum atomic E-state index is -0.423. The zero-order chi connectivity index (χ0) is 19.9. The Morgan fingerprint density at radius 1 is 1.24 bits per heavy atom. The van der Waals surface area contributed by atoms with Gasteiger partial charge in [-0.15, -0.1) is 24.0 Å². The first-order valence-electron chi connectivity index (χ1n) is 10.1. The van der Waals surface area contributed by atoms with Crippen molar-refractivity contribution in [3.63, 3.8) is 0 Å². The van der Waals surface area contributed by atoms with Crippen molar-refractivity contribution in [1.29, 1.82) is 5.26 Å². The molecule has 0 aromatic heterocycles. The highest BCUT2D eigenvalue weighted by molar-refractivity contribution is 14.0. The third-order valence-electron chi connectivity index (χ3n) is 5.24. The molecule has 2 aliphatic rings. The van der Waals surface area contributed by atoms with Crippen molar-refractivity contribution < 1.29 is 9.18 Å². The number of guanidine groups is 1. The minimum absolute atomic E-state index is 0. The molecule has 8 heteroatoms. The molecule has 0 saturated heterocycles. The normalized spacial score (nSPS) is 21.5. The van der Waals surface area contributed by atoms with Crippen LogP contribution in [0.25, 0.3) is 0 Å². The summed E-state index contributed by atoms with van der Waals surface area (Å²) in [6.45, 7) is 2.86. The predicted molar refractivity (Wildman–Crippen MR) is 121 cm³/mol. The van der Waals surface area contributed by atoms with E-state index in [0.29, 0.717) is 29.7 Å². The molecule has 2 fully saturated rings. The number of aliphatic imine (C=N–C) groups is 1. The van der Waals surface area contributed by atoms with Gasteiger partial charge in [0.2, 0.25) is 5.91 Å². The molecule has 158 valence electrons. The summed E-state index contributed by atoms with van der Waals surface area (Å²) in [5, 5.41) is 18.5. The predicted octanol–water partition coefficient (Wildman–Crippen LogP) is 3.21. The lowest BCUT2D eigenvalue weighted by molar-refractivity contribution is -0.126. The second kappa shape index (κ2) is 11.3. The molecule has 2 aliphatic carbocycles. The van der Waals surface area contributed by atoms with Crippen molar-refractivity contribution in [2.75, 3.05) is 6.54 Å². The van der Waals surface area contributed by atoms with Gasteiger partial charge in [-0.05, 0) is 51.2 Å². The van der Waals surface area contributed by atoms with E-state index < -0.39 is 5.82 Å². The summed E-state index contributed by atoms with van der Waals surface area (Å²) >= 11 is 0. The maximum Gasteiger partial charge on any atom is 0.223 e. The Morgan fingerprint density at radius 3 is 2.69 bits per heavy atom. The number of nitriles is 1. The lowest BCUT2D eigenvalue weighted by Gasteiger charge is -2.30. The van der Waals surface area contributed by atoms with Gasteiger partial charge in [0.1, 0.15) is 5.82 Å². The third-order valence-corrected chi connectivity index (χ3v) is 5.24. The van der Waals surface area contributed by atoms with Crippen LogP contribution in [0.3, 0.4) is 0 Å². The van der Waals surface area contributed by atoms with Gasteiger partial charge in [0.15, 0.2) is 5.96 Å². The quantitative estimate of drug-likeness (QED) is 0.310. The van der Waals surface area contributed by atoms with Crippen molar-refractivity contribution in [3.8, 4) is 6.07 Å². The monoisotopic (exact) mass is 513 g/mol. The van der Waals surface area contributed by atoms with E-state index in [-0.39, 0.29) is 48.4 Å². The van der Waals surface area contributed by atoms with Crippen molar-refractivity contribution in [2.45, 2.75) is 64.1 Å². The fourth-order valence-electron chi connectivity index (χ4n) is 3.53. The number of nitrogens with zero attached hydrogens (tertiary/aromatic N) is 2. The molecule has 0 aliphatic heterocycles. The molecule has 1 aromatic rings. The number of rotatable bonds is 6. The molecule has 2 atom stereocenters. The second-order valence-electron chi connectivity index (χ2n) is 7.60. The minimum Gasteiger partial charge on any atom is -0.357 e. The van der Waals surface area contributed by atoms with E-state index in [1.165, 1.54) is 6.07 Å². The first kappa shape index (κ1) is 23.4. The molecule has 6 nitrogen and oxygen atoms in total. The van der Waals surface area contributed by atoms with Gasteiger partial charge in [0, 0.05) is 30.1 Å². The lowest BCUT2D eigenvalue weighted by atomic mass is 9.85. The lowest BCUT2D eigenvalue weighted by Crippen LogP contribution is -2.47. The molecule has 1 aromatic carbocycles. The molecule has 0 spiro atoms. The Balaban J connectivity index is 0.00000300. The number of halogens is 2. The fourth-order valence-corrected chi connectivity index (χ4v) is 3.53. The van der Waals surface area contributed by atoms with Crippen LogP contribution in [-0.4, -0.2) is 30.5 Å². The number of carbonyl (C=O) groups is 1. The zero-order valence-corrected chi connectivity index (χ0v) is 19.0. The van der Waals surface area contributed by atoms with Crippen LogP contribution in [-0.2, 0) is 11.3 Å². The Bertz CT molecular complexity index is 775. The van der Waals surface area contributed by atoms with Gasteiger partial charge < -0.3 is 16.0 Å². The molecule has 2 unspecified atom stereocenters. The standard InChI is InChI=1S/C21H28FN5O.HI/c1-2-24-21(25-13-16-7-6-14(12-23)10-19(16)22)27-18-5-3-4-15(11-18)20(28)26-17-8-9-17;/h6-7,10,15,17-18H,2-5,8-9,11,13H2,1H3,(H,26,28)(H2,24,25,27);1H. The maximum atomic E-state index is 14.1. The maximum absolute atomic E-state index is 14.1. The Kier molecular flexibility index (Phi) is 9.14. The molecule has 0 bridgehead atoms. The topological polar surface area (TPSA) is 89.3 Å². The summed E-state index contributed by atoms with van der Waals surface area (Å²) in [6.07, 6.45) is 5.91. The third kappa shape index (κ3) is 7.14. The van der Waals surface area contributed by atoms with Crippen molar-refractivity contribution >= 4 is 35.8 Å². The van der Waals surface area contributed by atoms with E-state index >= 15 is 0 Å². The Hall–Kier alpha value is -1.89. The smallest absolute Gasteiger partial charge is 0.223 e. The molecular formula is C21H29FIN5O. The van der Waals surface area contributed by atoms with E-state index in [9.17, 15) is 9.18 Å². The van der Waals surface area contributed by atoms with Crippen LogP contribution in [0.2, 0.25) is 0 Å². The summed E-state index contributed by atoms with van der Waals surface area (Å²) in [7, 11) is 0. The van der Waals surface area contributed by atoms with Crippen LogP contribution < -0.4 is 16.0 Å². The molecular weight excluding hydrogens is 484 g/mol. The summed E-state index contributed by atoms with van der Waals surface area (Å²) in [5.74, 6) is 0.425. The van der Waals surface area contributed by atoms with E-state index in [1.807, 2.05) is 13.0 Å².